The van der Waals surface area contributed by atoms with Crippen LogP contribution in [-0.4, -0.2) is 17.7 Å². The lowest BCUT2D eigenvalue weighted by Crippen LogP contribution is -2.14. The molecule has 0 bridgehead atoms. The molecule has 0 fully saturated rings. The summed E-state index contributed by atoms with van der Waals surface area (Å²) in [6, 6.07) is 8.41. The van der Waals surface area contributed by atoms with Crippen LogP contribution in [0.15, 0.2) is 35.9 Å². The molecule has 18 heavy (non-hydrogen) atoms. The van der Waals surface area contributed by atoms with Crippen LogP contribution < -0.4 is 0 Å². The molecule has 0 saturated carbocycles. The van der Waals surface area contributed by atoms with Gasteiger partial charge >= 0.3 is 5.97 Å². The fourth-order valence-corrected chi connectivity index (χ4v) is 1.52. The van der Waals surface area contributed by atoms with E-state index >= 15 is 0 Å². The van der Waals surface area contributed by atoms with Crippen molar-refractivity contribution >= 4 is 5.97 Å². The highest BCUT2D eigenvalue weighted by atomic mass is 16.5. The van der Waals surface area contributed by atoms with Crippen LogP contribution in [0.3, 0.4) is 0 Å². The Morgan fingerprint density at radius 2 is 2.11 bits per heavy atom. The Morgan fingerprint density at radius 1 is 1.50 bits per heavy atom. The third-order valence-electron chi connectivity index (χ3n) is 2.47. The molecule has 0 aliphatic carbocycles. The zero-order valence-corrected chi connectivity index (χ0v) is 10.4. The standard InChI is InChI=1S/C14H15NO3/c1-3-12(14(17)18-4-2)13(16)11-7-5-10(9-15)6-8-11/h3,5-8,13,16H,4H2,1-2H3/b12-3-/t13-/m0/s1. The average Bonchev–Trinajstić information content (AvgIpc) is 2.40. The quantitative estimate of drug-likeness (QED) is 0.651. The first kappa shape index (κ1) is 13.9. The molecule has 1 rings (SSSR count). The number of benzene rings is 1. The molecule has 0 radical (unpaired) electrons. The van der Waals surface area contributed by atoms with Gasteiger partial charge in [-0.05, 0) is 31.5 Å². The van der Waals surface area contributed by atoms with Crippen molar-refractivity contribution < 1.29 is 14.6 Å². The number of rotatable bonds is 4. The third-order valence-corrected chi connectivity index (χ3v) is 2.47. The van der Waals surface area contributed by atoms with Gasteiger partial charge in [0, 0.05) is 0 Å². The fourth-order valence-electron chi connectivity index (χ4n) is 1.52. The average molecular weight is 245 g/mol. The van der Waals surface area contributed by atoms with Crippen LogP contribution in [0.2, 0.25) is 0 Å². The second-order valence-electron chi connectivity index (χ2n) is 3.60. The second kappa shape index (κ2) is 6.58. The van der Waals surface area contributed by atoms with Gasteiger partial charge in [-0.1, -0.05) is 18.2 Å². The smallest absolute Gasteiger partial charge is 0.336 e. The molecule has 0 heterocycles. The summed E-state index contributed by atoms with van der Waals surface area (Å²) in [7, 11) is 0. The van der Waals surface area contributed by atoms with Crippen molar-refractivity contribution in [2.75, 3.05) is 6.61 Å². The van der Waals surface area contributed by atoms with Crippen molar-refractivity contribution in [3.63, 3.8) is 0 Å². The van der Waals surface area contributed by atoms with Gasteiger partial charge in [0.1, 0.15) is 6.10 Å². The Kier molecular flexibility index (Phi) is 5.09. The zero-order chi connectivity index (χ0) is 13.5. The van der Waals surface area contributed by atoms with Crippen LogP contribution >= 0.6 is 0 Å². The minimum Gasteiger partial charge on any atom is -0.463 e. The maximum absolute atomic E-state index is 11.6. The summed E-state index contributed by atoms with van der Waals surface area (Å²) >= 11 is 0. The van der Waals surface area contributed by atoms with Crippen molar-refractivity contribution in [2.24, 2.45) is 0 Å². The van der Waals surface area contributed by atoms with Gasteiger partial charge in [-0.15, -0.1) is 0 Å². The van der Waals surface area contributed by atoms with Crippen LogP contribution in [0.25, 0.3) is 0 Å². The van der Waals surface area contributed by atoms with Crippen LogP contribution in [-0.2, 0) is 9.53 Å². The molecule has 0 spiro atoms. The first-order chi connectivity index (χ1) is 8.63. The van der Waals surface area contributed by atoms with E-state index in [2.05, 4.69) is 0 Å². The van der Waals surface area contributed by atoms with E-state index in [4.69, 9.17) is 10.00 Å². The Labute approximate surface area is 106 Å². The summed E-state index contributed by atoms with van der Waals surface area (Å²) in [5.41, 5.74) is 1.25. The van der Waals surface area contributed by atoms with Crippen molar-refractivity contribution in [1.29, 1.82) is 5.26 Å². The Hall–Kier alpha value is -2.12. The Balaban J connectivity index is 2.94. The van der Waals surface area contributed by atoms with Crippen LogP contribution in [0.4, 0.5) is 0 Å². The molecule has 0 aliphatic rings. The van der Waals surface area contributed by atoms with Crippen molar-refractivity contribution in [3.8, 4) is 6.07 Å². The molecule has 94 valence electrons. The molecule has 0 amide bonds. The molecule has 0 unspecified atom stereocenters. The maximum Gasteiger partial charge on any atom is 0.336 e. The monoisotopic (exact) mass is 245 g/mol. The largest absolute Gasteiger partial charge is 0.463 e. The number of carbonyl (C=O) groups is 1. The summed E-state index contributed by atoms with van der Waals surface area (Å²) in [5, 5.41) is 18.8. The van der Waals surface area contributed by atoms with E-state index in [-0.39, 0.29) is 12.2 Å². The number of carbonyl (C=O) groups excluding carboxylic acids is 1. The summed E-state index contributed by atoms with van der Waals surface area (Å²) in [5.74, 6) is -0.531. The van der Waals surface area contributed by atoms with Gasteiger partial charge in [0.05, 0.1) is 23.8 Å². The lowest BCUT2D eigenvalue weighted by molar-refractivity contribution is -0.139. The predicted molar refractivity (Wildman–Crippen MR) is 66.5 cm³/mol. The molecular weight excluding hydrogens is 230 g/mol. The van der Waals surface area contributed by atoms with E-state index < -0.39 is 12.1 Å². The van der Waals surface area contributed by atoms with Crippen LogP contribution in [0.5, 0.6) is 0 Å². The number of allylic oxidation sites excluding steroid dienone is 1. The first-order valence-electron chi connectivity index (χ1n) is 5.65. The highest BCUT2D eigenvalue weighted by molar-refractivity contribution is 5.89. The minimum atomic E-state index is -1.04. The highest BCUT2D eigenvalue weighted by Crippen LogP contribution is 2.22. The number of nitriles is 1. The molecular formula is C14H15NO3. The SMILES string of the molecule is C/C=C(\C(=O)OCC)[C@@H](O)c1ccc(C#N)cc1. The summed E-state index contributed by atoms with van der Waals surface area (Å²) < 4.78 is 4.86. The number of aliphatic hydroxyl groups is 1. The van der Waals surface area contributed by atoms with Crippen molar-refractivity contribution in [1.82, 2.24) is 0 Å². The number of aliphatic hydroxyl groups excluding tert-OH is 1. The molecule has 0 aliphatic heterocycles. The Morgan fingerprint density at radius 3 is 2.56 bits per heavy atom. The molecule has 0 aromatic heterocycles. The second-order valence-corrected chi connectivity index (χ2v) is 3.60. The summed E-state index contributed by atoms with van der Waals surface area (Å²) in [6.45, 7) is 3.63. The zero-order valence-electron chi connectivity index (χ0n) is 10.4. The number of nitrogens with zero attached hydrogens (tertiary/aromatic N) is 1. The lowest BCUT2D eigenvalue weighted by atomic mass is 10.0. The van der Waals surface area contributed by atoms with E-state index in [1.54, 1.807) is 38.1 Å². The van der Waals surface area contributed by atoms with Gasteiger partial charge in [0.2, 0.25) is 0 Å². The van der Waals surface area contributed by atoms with E-state index in [1.165, 1.54) is 6.08 Å². The highest BCUT2D eigenvalue weighted by Gasteiger charge is 2.20. The maximum atomic E-state index is 11.6. The van der Waals surface area contributed by atoms with Gasteiger partial charge < -0.3 is 9.84 Å². The van der Waals surface area contributed by atoms with E-state index in [1.807, 2.05) is 6.07 Å². The van der Waals surface area contributed by atoms with Crippen molar-refractivity contribution in [3.05, 3.63) is 47.0 Å². The number of esters is 1. The molecule has 0 saturated heterocycles. The topological polar surface area (TPSA) is 70.3 Å². The van der Waals surface area contributed by atoms with E-state index in [0.717, 1.165) is 0 Å². The number of hydrogen-bond acceptors (Lipinski definition) is 4. The fraction of sp³-hybridized carbons (Fsp3) is 0.286. The summed E-state index contributed by atoms with van der Waals surface area (Å²) in [4.78, 5) is 11.6. The van der Waals surface area contributed by atoms with Crippen molar-refractivity contribution in [2.45, 2.75) is 20.0 Å². The molecule has 1 N–H and O–H groups in total. The first-order valence-corrected chi connectivity index (χ1v) is 5.65. The molecule has 1 atom stereocenters. The number of ether oxygens (including phenoxy) is 1. The normalized spacial score (nSPS) is 12.7. The van der Waals surface area contributed by atoms with Crippen LogP contribution in [0.1, 0.15) is 31.1 Å². The molecule has 1 aromatic rings. The van der Waals surface area contributed by atoms with Gasteiger partial charge in [-0.2, -0.15) is 5.26 Å². The predicted octanol–water partition coefficient (Wildman–Crippen LogP) is 2.10. The van der Waals surface area contributed by atoms with Gasteiger partial charge in [0.25, 0.3) is 0 Å². The number of hydrogen-bond donors (Lipinski definition) is 1. The summed E-state index contributed by atoms with van der Waals surface area (Å²) in [6.07, 6.45) is 0.489. The van der Waals surface area contributed by atoms with E-state index in [9.17, 15) is 9.90 Å². The van der Waals surface area contributed by atoms with Crippen LogP contribution in [0, 0.1) is 11.3 Å². The molecule has 4 nitrogen and oxygen atoms in total. The molecule has 4 heteroatoms. The molecule has 1 aromatic carbocycles. The lowest BCUT2D eigenvalue weighted by Gasteiger charge is -2.14. The third kappa shape index (κ3) is 3.19. The minimum absolute atomic E-state index is 0.196. The van der Waals surface area contributed by atoms with Gasteiger partial charge in [0.15, 0.2) is 0 Å². The van der Waals surface area contributed by atoms with E-state index in [0.29, 0.717) is 11.1 Å². The van der Waals surface area contributed by atoms with Gasteiger partial charge in [-0.3, -0.25) is 0 Å². The Bertz CT molecular complexity index is 483. The van der Waals surface area contributed by atoms with Gasteiger partial charge in [-0.25, -0.2) is 4.79 Å².